The Labute approximate surface area is 103 Å². The zero-order valence-corrected chi connectivity index (χ0v) is 10.9. The Kier molecular flexibility index (Phi) is 3.12. The summed E-state index contributed by atoms with van der Waals surface area (Å²) in [6.45, 7) is 2.06. The number of imidazole rings is 1. The van der Waals surface area contributed by atoms with Crippen molar-refractivity contribution in [3.05, 3.63) is 52.0 Å². The Morgan fingerprint density at radius 1 is 1.44 bits per heavy atom. The molecule has 0 aliphatic rings. The van der Waals surface area contributed by atoms with E-state index in [1.165, 1.54) is 5.56 Å². The van der Waals surface area contributed by atoms with E-state index in [-0.39, 0.29) is 6.04 Å². The molecule has 0 spiro atoms. The number of aromatic nitrogens is 2. The predicted molar refractivity (Wildman–Crippen MR) is 68.1 cm³/mol. The number of benzene rings is 1. The van der Waals surface area contributed by atoms with Crippen molar-refractivity contribution in [1.29, 1.82) is 0 Å². The van der Waals surface area contributed by atoms with Gasteiger partial charge in [-0.15, -0.1) is 0 Å². The highest BCUT2D eigenvalue weighted by Crippen LogP contribution is 2.24. The van der Waals surface area contributed by atoms with Gasteiger partial charge in [0.25, 0.3) is 0 Å². The van der Waals surface area contributed by atoms with Crippen LogP contribution in [0.5, 0.6) is 0 Å². The summed E-state index contributed by atoms with van der Waals surface area (Å²) in [5.74, 6) is 0.876. The fourth-order valence-electron chi connectivity index (χ4n) is 1.76. The molecule has 2 aromatic rings. The molecule has 1 heterocycles. The molecule has 2 rings (SSSR count). The highest BCUT2D eigenvalue weighted by Gasteiger charge is 2.15. The van der Waals surface area contributed by atoms with Crippen molar-refractivity contribution < 1.29 is 0 Å². The molecule has 0 fully saturated rings. The monoisotopic (exact) mass is 279 g/mol. The molecule has 0 radical (unpaired) electrons. The molecular formula is C12H14BrN3. The molecule has 3 nitrogen and oxygen atoms in total. The lowest BCUT2D eigenvalue weighted by molar-refractivity contribution is 0.713. The number of halogens is 1. The van der Waals surface area contributed by atoms with E-state index in [1.54, 1.807) is 6.20 Å². The summed E-state index contributed by atoms with van der Waals surface area (Å²) in [5.41, 5.74) is 8.51. The molecular weight excluding hydrogens is 266 g/mol. The molecule has 16 heavy (non-hydrogen) atoms. The molecule has 1 aromatic carbocycles. The first-order valence-corrected chi connectivity index (χ1v) is 5.87. The number of aryl methyl sites for hydroxylation is 2. The number of hydrogen-bond acceptors (Lipinski definition) is 2. The fourth-order valence-corrected chi connectivity index (χ4v) is 2.14. The van der Waals surface area contributed by atoms with Crippen LogP contribution in [0.2, 0.25) is 0 Å². The van der Waals surface area contributed by atoms with Crippen molar-refractivity contribution in [2.24, 2.45) is 12.8 Å². The van der Waals surface area contributed by atoms with Crippen LogP contribution in [-0.2, 0) is 7.05 Å². The van der Waals surface area contributed by atoms with Crippen LogP contribution >= 0.6 is 15.9 Å². The molecule has 0 aliphatic heterocycles. The Morgan fingerprint density at radius 2 is 2.19 bits per heavy atom. The number of hydrogen-bond donors (Lipinski definition) is 1. The van der Waals surface area contributed by atoms with E-state index in [4.69, 9.17) is 5.73 Å². The lowest BCUT2D eigenvalue weighted by Crippen LogP contribution is -2.17. The first kappa shape index (κ1) is 11.4. The third kappa shape index (κ3) is 2.03. The van der Waals surface area contributed by atoms with Gasteiger partial charge in [0, 0.05) is 23.9 Å². The van der Waals surface area contributed by atoms with E-state index in [0.717, 1.165) is 15.9 Å². The number of nitrogens with two attached hydrogens (primary N) is 1. The Morgan fingerprint density at radius 3 is 2.81 bits per heavy atom. The zero-order chi connectivity index (χ0) is 11.7. The first-order chi connectivity index (χ1) is 7.59. The number of nitrogens with zero attached hydrogens (tertiary/aromatic N) is 2. The minimum atomic E-state index is -0.183. The topological polar surface area (TPSA) is 43.8 Å². The van der Waals surface area contributed by atoms with Gasteiger partial charge in [-0.25, -0.2) is 4.98 Å². The van der Waals surface area contributed by atoms with Gasteiger partial charge in [-0.05, 0) is 30.2 Å². The molecule has 0 bridgehead atoms. The summed E-state index contributed by atoms with van der Waals surface area (Å²) in [4.78, 5) is 4.29. The Balaban J connectivity index is 2.45. The Bertz CT molecular complexity index is 505. The van der Waals surface area contributed by atoms with Gasteiger partial charge >= 0.3 is 0 Å². The van der Waals surface area contributed by atoms with Crippen LogP contribution < -0.4 is 5.73 Å². The van der Waals surface area contributed by atoms with Crippen LogP contribution in [-0.4, -0.2) is 9.55 Å². The van der Waals surface area contributed by atoms with Crippen molar-refractivity contribution >= 4 is 15.9 Å². The van der Waals surface area contributed by atoms with E-state index in [1.807, 2.05) is 23.9 Å². The average molecular weight is 280 g/mol. The molecule has 1 unspecified atom stereocenters. The van der Waals surface area contributed by atoms with Crippen LogP contribution in [0.15, 0.2) is 35.1 Å². The van der Waals surface area contributed by atoms with Crippen molar-refractivity contribution in [1.82, 2.24) is 9.55 Å². The van der Waals surface area contributed by atoms with Gasteiger partial charge in [-0.3, -0.25) is 0 Å². The van der Waals surface area contributed by atoms with Crippen molar-refractivity contribution in [2.75, 3.05) is 0 Å². The van der Waals surface area contributed by atoms with Gasteiger partial charge < -0.3 is 10.3 Å². The summed E-state index contributed by atoms with van der Waals surface area (Å²) in [6, 6.07) is 5.94. The van der Waals surface area contributed by atoms with Gasteiger partial charge in [-0.2, -0.15) is 0 Å². The quantitative estimate of drug-likeness (QED) is 0.918. The van der Waals surface area contributed by atoms with Crippen molar-refractivity contribution in [3.63, 3.8) is 0 Å². The zero-order valence-electron chi connectivity index (χ0n) is 9.31. The SMILES string of the molecule is Cc1ccc(Br)cc1C(N)c1nccn1C. The van der Waals surface area contributed by atoms with E-state index < -0.39 is 0 Å². The van der Waals surface area contributed by atoms with E-state index in [0.29, 0.717) is 0 Å². The smallest absolute Gasteiger partial charge is 0.129 e. The second-order valence-electron chi connectivity index (χ2n) is 3.87. The molecule has 84 valence electrons. The summed E-state index contributed by atoms with van der Waals surface area (Å²) in [7, 11) is 1.95. The normalized spacial score (nSPS) is 12.8. The molecule has 0 saturated carbocycles. The summed E-state index contributed by atoms with van der Waals surface area (Å²) >= 11 is 3.46. The maximum atomic E-state index is 6.23. The van der Waals surface area contributed by atoms with Crippen molar-refractivity contribution in [2.45, 2.75) is 13.0 Å². The summed E-state index contributed by atoms with van der Waals surface area (Å²) < 4.78 is 2.99. The summed E-state index contributed by atoms with van der Waals surface area (Å²) in [6.07, 6.45) is 3.67. The van der Waals surface area contributed by atoms with E-state index >= 15 is 0 Å². The Hall–Kier alpha value is -1.13. The highest BCUT2D eigenvalue weighted by molar-refractivity contribution is 9.10. The first-order valence-electron chi connectivity index (χ1n) is 5.08. The van der Waals surface area contributed by atoms with Crippen molar-refractivity contribution in [3.8, 4) is 0 Å². The molecule has 1 atom stereocenters. The molecule has 0 saturated heterocycles. The summed E-state index contributed by atoms with van der Waals surface area (Å²) in [5, 5.41) is 0. The molecule has 2 N–H and O–H groups in total. The van der Waals surface area contributed by atoms with Gasteiger partial charge in [0.2, 0.25) is 0 Å². The minimum Gasteiger partial charge on any atom is -0.336 e. The minimum absolute atomic E-state index is 0.183. The maximum Gasteiger partial charge on any atom is 0.129 e. The highest BCUT2D eigenvalue weighted by atomic mass is 79.9. The van der Waals surface area contributed by atoms with Crippen LogP contribution in [0.1, 0.15) is 23.0 Å². The average Bonchev–Trinajstić information content (AvgIpc) is 2.67. The second-order valence-corrected chi connectivity index (χ2v) is 4.79. The largest absolute Gasteiger partial charge is 0.336 e. The third-order valence-corrected chi connectivity index (χ3v) is 3.21. The van der Waals surface area contributed by atoms with Crippen LogP contribution in [0, 0.1) is 6.92 Å². The van der Waals surface area contributed by atoms with Gasteiger partial charge in [0.1, 0.15) is 5.82 Å². The lowest BCUT2D eigenvalue weighted by Gasteiger charge is -2.15. The molecule has 0 amide bonds. The van der Waals surface area contributed by atoms with Crippen LogP contribution in [0.25, 0.3) is 0 Å². The lowest BCUT2D eigenvalue weighted by atomic mass is 10.0. The molecule has 0 aliphatic carbocycles. The maximum absolute atomic E-state index is 6.23. The standard InChI is InChI=1S/C12H14BrN3/c1-8-3-4-9(13)7-10(8)11(14)12-15-5-6-16(12)2/h3-7,11H,14H2,1-2H3. The predicted octanol–water partition coefficient (Wildman–Crippen LogP) is 2.54. The van der Waals surface area contributed by atoms with Crippen LogP contribution in [0.4, 0.5) is 0 Å². The molecule has 4 heteroatoms. The van der Waals surface area contributed by atoms with Gasteiger partial charge in [-0.1, -0.05) is 22.0 Å². The third-order valence-electron chi connectivity index (χ3n) is 2.71. The van der Waals surface area contributed by atoms with Crippen LogP contribution in [0.3, 0.4) is 0 Å². The van der Waals surface area contributed by atoms with Gasteiger partial charge in [0.15, 0.2) is 0 Å². The van der Waals surface area contributed by atoms with Gasteiger partial charge in [0.05, 0.1) is 6.04 Å². The number of rotatable bonds is 2. The van der Waals surface area contributed by atoms with E-state index in [9.17, 15) is 0 Å². The second kappa shape index (κ2) is 4.39. The van der Waals surface area contributed by atoms with E-state index in [2.05, 4.69) is 40.0 Å². The fraction of sp³-hybridized carbons (Fsp3) is 0.250. The molecule has 1 aromatic heterocycles.